The van der Waals surface area contributed by atoms with Gasteiger partial charge in [0, 0.05) is 50.7 Å². The van der Waals surface area contributed by atoms with E-state index in [2.05, 4.69) is 22.9 Å². The van der Waals surface area contributed by atoms with Crippen molar-refractivity contribution in [2.45, 2.75) is 58.0 Å². The zero-order chi connectivity index (χ0) is 29.3. The molecule has 2 saturated heterocycles. The van der Waals surface area contributed by atoms with Crippen molar-refractivity contribution in [2.24, 2.45) is 17.3 Å². The monoisotopic (exact) mass is 572 g/mol. The van der Waals surface area contributed by atoms with Gasteiger partial charge in [-0.25, -0.2) is 9.59 Å². The Bertz CT molecular complexity index is 914. The Morgan fingerprint density at radius 3 is 2.23 bits per heavy atom. The van der Waals surface area contributed by atoms with Gasteiger partial charge in [0.05, 0.1) is 13.2 Å². The summed E-state index contributed by atoms with van der Waals surface area (Å²) in [5.41, 5.74) is 2.91. The average Bonchev–Trinajstić information content (AvgIpc) is 3.37. The molecule has 2 atom stereocenters. The van der Waals surface area contributed by atoms with Crippen molar-refractivity contribution in [1.82, 2.24) is 9.88 Å². The van der Waals surface area contributed by atoms with Gasteiger partial charge < -0.3 is 24.6 Å². The number of hydrogen-bond donors (Lipinski definition) is 2. The van der Waals surface area contributed by atoms with Gasteiger partial charge in [-0.3, -0.25) is 4.98 Å². The Morgan fingerprint density at radius 1 is 1.10 bits per heavy atom. The number of likely N-dealkylation sites (tertiary alicyclic amines) is 1. The van der Waals surface area contributed by atoms with Crippen molar-refractivity contribution in [3.8, 4) is 0 Å². The molecule has 8 nitrogen and oxygen atoms in total. The molecule has 1 saturated carbocycles. The maximum Gasteiger partial charge on any atom is 0.490 e. The number of aryl methyl sites for hydroxylation is 1. The van der Waals surface area contributed by atoms with Gasteiger partial charge in [0.2, 0.25) is 0 Å². The maximum atomic E-state index is 10.6. The summed E-state index contributed by atoms with van der Waals surface area (Å²) in [5.74, 6) is -3.84. The number of pyridine rings is 1. The summed E-state index contributed by atoms with van der Waals surface area (Å²) in [5, 5.41) is 14.2. The lowest BCUT2D eigenvalue weighted by molar-refractivity contribution is -0.193. The third-order valence-corrected chi connectivity index (χ3v) is 7.25. The van der Waals surface area contributed by atoms with Gasteiger partial charge >= 0.3 is 24.3 Å². The van der Waals surface area contributed by atoms with Crippen molar-refractivity contribution in [3.05, 3.63) is 29.6 Å². The lowest BCUT2D eigenvalue weighted by atomic mass is 9.81. The molecule has 0 bridgehead atoms. The second kappa shape index (κ2) is 14.3. The number of carboxylic acids is 2. The lowest BCUT2D eigenvalue weighted by Crippen LogP contribution is -2.35. The molecule has 2 N–H and O–H groups in total. The number of carboxylic acid groups (broad SMARTS) is 2. The number of nitrogens with zero attached hydrogens (tertiary/aromatic N) is 2. The standard InChI is InChI=1S/C21H32N2O2.2C2HF3O2/c1-17-4-8-22-11-19(17)14-25-16-21-7-2-3-20(21)13-23(15-21)12-18-5-9-24-10-6-18;2*3-2(4,5)1(6)7/h4,8,11,18,20H,2-3,5-7,9-10,12-16H2,1H3;2*(H,6,7)/t20-,21+;;/m1../s1. The third kappa shape index (κ3) is 10.6. The minimum absolute atomic E-state index is 0.404. The van der Waals surface area contributed by atoms with Crippen LogP contribution in [0.25, 0.3) is 0 Å². The van der Waals surface area contributed by atoms with Gasteiger partial charge in [-0.05, 0) is 61.6 Å². The Labute approximate surface area is 222 Å². The van der Waals surface area contributed by atoms with Gasteiger partial charge in [-0.2, -0.15) is 26.3 Å². The fourth-order valence-electron chi connectivity index (χ4n) is 5.21. The normalized spacial score (nSPS) is 23.7. The van der Waals surface area contributed by atoms with Gasteiger partial charge in [-0.1, -0.05) is 6.42 Å². The van der Waals surface area contributed by atoms with E-state index in [1.165, 1.54) is 62.9 Å². The molecular formula is C25H34F6N2O6. The zero-order valence-corrected chi connectivity index (χ0v) is 21.6. The third-order valence-electron chi connectivity index (χ3n) is 7.25. The molecule has 1 aromatic heterocycles. The number of hydrogen-bond acceptors (Lipinski definition) is 6. The summed E-state index contributed by atoms with van der Waals surface area (Å²) in [4.78, 5) is 24.8. The molecule has 39 heavy (non-hydrogen) atoms. The number of carbonyl (C=O) groups is 2. The average molecular weight is 573 g/mol. The molecule has 2 aliphatic heterocycles. The first-order valence-electron chi connectivity index (χ1n) is 12.5. The minimum Gasteiger partial charge on any atom is -0.475 e. The Balaban J connectivity index is 0.000000317. The second-order valence-electron chi connectivity index (χ2n) is 10.1. The highest BCUT2D eigenvalue weighted by atomic mass is 19.4. The first-order valence-corrected chi connectivity index (χ1v) is 12.5. The molecule has 3 aliphatic rings. The zero-order valence-electron chi connectivity index (χ0n) is 21.6. The van der Waals surface area contributed by atoms with Crippen molar-refractivity contribution >= 4 is 11.9 Å². The van der Waals surface area contributed by atoms with Crippen molar-refractivity contribution in [2.75, 3.05) is 39.5 Å². The van der Waals surface area contributed by atoms with E-state index in [1.54, 1.807) is 0 Å². The highest BCUT2D eigenvalue weighted by molar-refractivity contribution is 5.73. The molecule has 1 aromatic rings. The fraction of sp³-hybridized carbons (Fsp3) is 0.720. The highest BCUT2D eigenvalue weighted by Gasteiger charge is 2.49. The minimum atomic E-state index is -5.08. The largest absolute Gasteiger partial charge is 0.490 e. The summed E-state index contributed by atoms with van der Waals surface area (Å²) >= 11 is 0. The van der Waals surface area contributed by atoms with Gasteiger partial charge in [-0.15, -0.1) is 0 Å². The first kappa shape index (κ1) is 32.8. The lowest BCUT2D eigenvalue weighted by Gasteiger charge is -2.30. The van der Waals surface area contributed by atoms with Crippen LogP contribution in [0.1, 0.15) is 43.2 Å². The summed E-state index contributed by atoms with van der Waals surface area (Å²) in [6, 6.07) is 2.07. The second-order valence-corrected chi connectivity index (χ2v) is 10.1. The number of aromatic nitrogens is 1. The van der Waals surface area contributed by atoms with Crippen LogP contribution in [0.5, 0.6) is 0 Å². The molecule has 14 heteroatoms. The molecule has 3 heterocycles. The van der Waals surface area contributed by atoms with Crippen molar-refractivity contribution < 1.29 is 55.6 Å². The van der Waals surface area contributed by atoms with E-state index in [-0.39, 0.29) is 0 Å². The van der Waals surface area contributed by atoms with Crippen LogP contribution in [-0.4, -0.2) is 83.8 Å². The molecule has 222 valence electrons. The van der Waals surface area contributed by atoms with Crippen molar-refractivity contribution in [1.29, 1.82) is 0 Å². The van der Waals surface area contributed by atoms with E-state index in [9.17, 15) is 26.3 Å². The predicted molar refractivity (Wildman–Crippen MR) is 126 cm³/mol. The van der Waals surface area contributed by atoms with Crippen LogP contribution in [0.15, 0.2) is 18.5 Å². The van der Waals surface area contributed by atoms with Crippen LogP contribution in [0.2, 0.25) is 0 Å². The van der Waals surface area contributed by atoms with E-state index < -0.39 is 24.3 Å². The van der Waals surface area contributed by atoms with E-state index in [0.29, 0.717) is 12.0 Å². The molecular weight excluding hydrogens is 538 g/mol. The molecule has 0 amide bonds. The van der Waals surface area contributed by atoms with E-state index >= 15 is 0 Å². The number of rotatable bonds is 6. The van der Waals surface area contributed by atoms with Crippen LogP contribution in [0.3, 0.4) is 0 Å². The summed E-state index contributed by atoms with van der Waals surface area (Å²) < 4.78 is 75.2. The molecule has 0 unspecified atom stereocenters. The number of ether oxygens (including phenoxy) is 2. The summed E-state index contributed by atoms with van der Waals surface area (Å²) in [6.45, 7) is 9.46. The van der Waals surface area contributed by atoms with Crippen LogP contribution in [-0.2, 0) is 25.7 Å². The van der Waals surface area contributed by atoms with Crippen LogP contribution >= 0.6 is 0 Å². The smallest absolute Gasteiger partial charge is 0.475 e. The van der Waals surface area contributed by atoms with Crippen LogP contribution in [0, 0.1) is 24.2 Å². The van der Waals surface area contributed by atoms with E-state index in [1.807, 2.05) is 12.4 Å². The van der Waals surface area contributed by atoms with Gasteiger partial charge in [0.15, 0.2) is 0 Å². The van der Waals surface area contributed by atoms with Crippen LogP contribution < -0.4 is 0 Å². The molecule has 4 rings (SSSR count). The van der Waals surface area contributed by atoms with Gasteiger partial charge in [0.1, 0.15) is 0 Å². The Morgan fingerprint density at radius 2 is 1.69 bits per heavy atom. The number of halogens is 6. The highest BCUT2D eigenvalue weighted by Crippen LogP contribution is 2.49. The maximum absolute atomic E-state index is 10.6. The topological polar surface area (TPSA) is 109 Å². The molecule has 0 aromatic carbocycles. The molecule has 3 fully saturated rings. The number of alkyl halides is 6. The summed E-state index contributed by atoms with van der Waals surface area (Å²) in [6.07, 6.45) is 0.232. The quantitative estimate of drug-likeness (QED) is 0.473. The Hall–Kier alpha value is -2.45. The number of aliphatic carboxylic acids is 2. The fourth-order valence-corrected chi connectivity index (χ4v) is 5.21. The van der Waals surface area contributed by atoms with E-state index in [4.69, 9.17) is 29.3 Å². The Kier molecular flexibility index (Phi) is 12.0. The molecule has 1 aliphatic carbocycles. The predicted octanol–water partition coefficient (Wildman–Crippen LogP) is 4.70. The van der Waals surface area contributed by atoms with Crippen LogP contribution in [0.4, 0.5) is 26.3 Å². The number of fused-ring (bicyclic) bond motifs is 1. The summed E-state index contributed by atoms with van der Waals surface area (Å²) in [7, 11) is 0. The molecule has 0 spiro atoms. The first-order chi connectivity index (χ1) is 18.1. The SMILES string of the molecule is Cc1ccncc1COC[C@@]12CCC[C@@H]1CN(CC1CCOCC1)C2.O=C(O)C(F)(F)F.O=C(O)C(F)(F)F. The van der Waals surface area contributed by atoms with E-state index in [0.717, 1.165) is 31.7 Å². The van der Waals surface area contributed by atoms with Gasteiger partial charge in [0.25, 0.3) is 0 Å². The van der Waals surface area contributed by atoms with Crippen molar-refractivity contribution in [3.63, 3.8) is 0 Å². The molecule has 0 radical (unpaired) electrons.